The summed E-state index contributed by atoms with van der Waals surface area (Å²) in [5.41, 5.74) is 1.18. The molecule has 0 fully saturated rings. The molecule has 1 aromatic carbocycles. The maximum atomic E-state index is 12.0. The van der Waals surface area contributed by atoms with Gasteiger partial charge in [0.1, 0.15) is 4.47 Å². The average Bonchev–Trinajstić information content (AvgIpc) is 2.89. The number of nitrogens with zero attached hydrogens (tertiary/aromatic N) is 1. The second-order valence-electron chi connectivity index (χ2n) is 4.04. The molecule has 6 heteroatoms. The highest BCUT2D eigenvalue weighted by Gasteiger charge is 2.15. The van der Waals surface area contributed by atoms with Crippen LogP contribution in [0.2, 0.25) is 0 Å². The van der Waals surface area contributed by atoms with E-state index in [-0.39, 0.29) is 5.56 Å². The van der Waals surface area contributed by atoms with Crippen molar-refractivity contribution in [1.82, 2.24) is 9.97 Å². The van der Waals surface area contributed by atoms with Crippen molar-refractivity contribution in [2.75, 3.05) is 0 Å². The summed E-state index contributed by atoms with van der Waals surface area (Å²) in [6.07, 6.45) is 1.53. The number of aromatic nitrogens is 2. The first kappa shape index (κ1) is 13.3. The first-order chi connectivity index (χ1) is 9.66. The van der Waals surface area contributed by atoms with Crippen LogP contribution in [0.4, 0.5) is 0 Å². The normalized spacial score (nSPS) is 10.7. The van der Waals surface area contributed by atoms with E-state index < -0.39 is 0 Å². The number of H-pyrrole nitrogens is 1. The number of nitrogens with one attached hydrogen (secondary N) is 1. The standard InChI is InChI=1S/C14H8Br2N2O2/c15-9-6-7-20-12(9)13-17-11(10(16)14(19)18-13)8-4-2-1-3-5-8/h1-7H,(H,17,18,19). The molecule has 3 aromatic rings. The Labute approximate surface area is 131 Å². The SMILES string of the molecule is O=c1[nH]c(-c2occc2Br)nc(-c2ccccc2)c1Br. The molecular weight excluding hydrogens is 388 g/mol. The van der Waals surface area contributed by atoms with Gasteiger partial charge < -0.3 is 9.40 Å². The van der Waals surface area contributed by atoms with E-state index in [0.29, 0.717) is 21.8 Å². The van der Waals surface area contributed by atoms with Crippen LogP contribution < -0.4 is 5.56 Å². The highest BCUT2D eigenvalue weighted by molar-refractivity contribution is 9.11. The molecule has 0 spiro atoms. The molecule has 0 aliphatic rings. The molecule has 0 unspecified atom stereocenters. The fourth-order valence-electron chi connectivity index (χ4n) is 1.82. The van der Waals surface area contributed by atoms with Crippen molar-refractivity contribution in [3.8, 4) is 22.8 Å². The van der Waals surface area contributed by atoms with Gasteiger partial charge >= 0.3 is 0 Å². The van der Waals surface area contributed by atoms with Crippen molar-refractivity contribution in [3.05, 3.63) is 62.0 Å². The highest BCUT2D eigenvalue weighted by atomic mass is 79.9. The van der Waals surface area contributed by atoms with Crippen LogP contribution in [-0.4, -0.2) is 9.97 Å². The van der Waals surface area contributed by atoms with Crippen LogP contribution in [0.15, 0.2) is 60.8 Å². The van der Waals surface area contributed by atoms with Crippen LogP contribution >= 0.6 is 31.9 Å². The fourth-order valence-corrected chi connectivity index (χ4v) is 2.62. The van der Waals surface area contributed by atoms with Crippen LogP contribution in [0.5, 0.6) is 0 Å². The number of benzene rings is 1. The van der Waals surface area contributed by atoms with Crippen LogP contribution in [-0.2, 0) is 0 Å². The number of hydrogen-bond acceptors (Lipinski definition) is 3. The van der Waals surface area contributed by atoms with Gasteiger partial charge in [0.05, 0.1) is 16.4 Å². The predicted molar refractivity (Wildman–Crippen MR) is 83.4 cm³/mol. The molecule has 4 nitrogen and oxygen atoms in total. The molecule has 0 radical (unpaired) electrons. The second-order valence-corrected chi connectivity index (χ2v) is 5.69. The summed E-state index contributed by atoms with van der Waals surface area (Å²) < 4.78 is 6.48. The van der Waals surface area contributed by atoms with Crippen molar-refractivity contribution >= 4 is 31.9 Å². The third kappa shape index (κ3) is 2.36. The Morgan fingerprint density at radius 3 is 2.50 bits per heavy atom. The number of hydrogen-bond donors (Lipinski definition) is 1. The molecule has 0 bridgehead atoms. The molecule has 0 atom stereocenters. The van der Waals surface area contributed by atoms with Gasteiger partial charge in [-0.3, -0.25) is 4.79 Å². The minimum atomic E-state index is -0.253. The number of halogens is 2. The molecule has 0 saturated heterocycles. The third-order valence-electron chi connectivity index (χ3n) is 2.74. The Morgan fingerprint density at radius 1 is 1.10 bits per heavy atom. The molecular formula is C14H8Br2N2O2. The average molecular weight is 396 g/mol. The van der Waals surface area contributed by atoms with E-state index in [1.54, 1.807) is 6.07 Å². The second kappa shape index (κ2) is 5.38. The van der Waals surface area contributed by atoms with E-state index in [0.717, 1.165) is 10.0 Å². The van der Waals surface area contributed by atoms with Crippen LogP contribution in [0, 0.1) is 0 Å². The van der Waals surface area contributed by atoms with Crippen molar-refractivity contribution in [1.29, 1.82) is 0 Å². The van der Waals surface area contributed by atoms with Crippen LogP contribution in [0.1, 0.15) is 0 Å². The summed E-state index contributed by atoms with van der Waals surface area (Å²) in [5.74, 6) is 0.876. The van der Waals surface area contributed by atoms with Gasteiger partial charge in [0.15, 0.2) is 11.6 Å². The van der Waals surface area contributed by atoms with Gasteiger partial charge in [0, 0.05) is 5.56 Å². The summed E-state index contributed by atoms with van der Waals surface area (Å²) in [6, 6.07) is 11.2. The summed E-state index contributed by atoms with van der Waals surface area (Å²) in [5, 5.41) is 0. The lowest BCUT2D eigenvalue weighted by Crippen LogP contribution is -2.11. The monoisotopic (exact) mass is 394 g/mol. The van der Waals surface area contributed by atoms with E-state index in [1.165, 1.54) is 6.26 Å². The first-order valence-corrected chi connectivity index (χ1v) is 7.34. The number of furan rings is 1. The number of rotatable bonds is 2. The van der Waals surface area contributed by atoms with Crippen molar-refractivity contribution in [2.45, 2.75) is 0 Å². The Kier molecular flexibility index (Phi) is 3.58. The molecule has 0 aliphatic heterocycles. The summed E-state index contributed by atoms with van der Waals surface area (Å²) >= 11 is 6.64. The highest BCUT2D eigenvalue weighted by Crippen LogP contribution is 2.29. The van der Waals surface area contributed by atoms with Crippen LogP contribution in [0.25, 0.3) is 22.8 Å². The predicted octanol–water partition coefficient (Wildman–Crippen LogP) is 4.22. The molecule has 100 valence electrons. The molecule has 1 N–H and O–H groups in total. The van der Waals surface area contributed by atoms with E-state index in [4.69, 9.17) is 4.42 Å². The lowest BCUT2D eigenvalue weighted by Gasteiger charge is -2.05. The smallest absolute Gasteiger partial charge is 0.266 e. The zero-order valence-corrected chi connectivity index (χ0v) is 13.2. The van der Waals surface area contributed by atoms with Crippen LogP contribution in [0.3, 0.4) is 0 Å². The lowest BCUT2D eigenvalue weighted by molar-refractivity contribution is 0.575. The summed E-state index contributed by atoms with van der Waals surface area (Å²) in [6.45, 7) is 0. The first-order valence-electron chi connectivity index (χ1n) is 5.75. The lowest BCUT2D eigenvalue weighted by atomic mass is 10.1. The molecule has 2 aromatic heterocycles. The zero-order valence-electron chi connectivity index (χ0n) is 10.1. The maximum Gasteiger partial charge on any atom is 0.266 e. The molecule has 0 saturated carbocycles. The van der Waals surface area contributed by atoms with Crippen molar-refractivity contribution in [3.63, 3.8) is 0 Å². The van der Waals surface area contributed by atoms with E-state index in [9.17, 15) is 4.79 Å². The molecule has 0 amide bonds. The van der Waals surface area contributed by atoms with E-state index in [1.807, 2.05) is 30.3 Å². The quantitative estimate of drug-likeness (QED) is 0.706. The Morgan fingerprint density at radius 2 is 1.85 bits per heavy atom. The van der Waals surface area contributed by atoms with Gasteiger partial charge in [-0.25, -0.2) is 4.98 Å². The van der Waals surface area contributed by atoms with Gasteiger partial charge in [0.25, 0.3) is 5.56 Å². The molecule has 3 rings (SSSR count). The summed E-state index contributed by atoms with van der Waals surface area (Å²) in [4.78, 5) is 19.2. The minimum absolute atomic E-state index is 0.253. The van der Waals surface area contributed by atoms with Crippen molar-refractivity contribution in [2.24, 2.45) is 0 Å². The molecule has 20 heavy (non-hydrogen) atoms. The Hall–Kier alpha value is -1.66. The molecule has 0 aliphatic carbocycles. The Bertz CT molecular complexity index is 810. The Balaban J connectivity index is 2.24. The third-order valence-corrected chi connectivity index (χ3v) is 4.10. The minimum Gasteiger partial charge on any atom is -0.460 e. The number of aromatic amines is 1. The largest absolute Gasteiger partial charge is 0.460 e. The topological polar surface area (TPSA) is 58.9 Å². The van der Waals surface area contributed by atoms with E-state index in [2.05, 4.69) is 41.8 Å². The maximum absolute atomic E-state index is 12.0. The molecule has 2 heterocycles. The van der Waals surface area contributed by atoms with Gasteiger partial charge in [-0.05, 0) is 37.9 Å². The van der Waals surface area contributed by atoms with Gasteiger partial charge in [-0.1, -0.05) is 30.3 Å². The fraction of sp³-hybridized carbons (Fsp3) is 0. The van der Waals surface area contributed by atoms with Gasteiger partial charge in [0.2, 0.25) is 0 Å². The van der Waals surface area contributed by atoms with Gasteiger partial charge in [-0.2, -0.15) is 0 Å². The summed E-state index contributed by atoms with van der Waals surface area (Å²) in [7, 11) is 0. The zero-order chi connectivity index (χ0) is 14.1. The van der Waals surface area contributed by atoms with E-state index >= 15 is 0 Å². The van der Waals surface area contributed by atoms with Crippen molar-refractivity contribution < 1.29 is 4.42 Å². The van der Waals surface area contributed by atoms with Gasteiger partial charge in [-0.15, -0.1) is 0 Å².